The molecule has 2 amide bonds. The van der Waals surface area contributed by atoms with Crippen molar-refractivity contribution in [3.05, 3.63) is 64.1 Å². The number of benzene rings is 2. The normalized spacial score (nSPS) is 14.0. The molecule has 1 aliphatic rings. The van der Waals surface area contributed by atoms with E-state index in [1.165, 1.54) is 0 Å². The highest BCUT2D eigenvalue weighted by Crippen LogP contribution is 2.25. The van der Waals surface area contributed by atoms with Crippen molar-refractivity contribution in [3.63, 3.8) is 0 Å². The molecule has 0 aromatic heterocycles. The molecule has 29 heavy (non-hydrogen) atoms. The number of hydrogen-bond acceptors (Lipinski definition) is 5. The molecular formula is C21H22BrN3O4. The molecule has 1 saturated heterocycles. The van der Waals surface area contributed by atoms with E-state index in [0.29, 0.717) is 36.5 Å². The van der Waals surface area contributed by atoms with Gasteiger partial charge in [0.2, 0.25) is 5.91 Å². The van der Waals surface area contributed by atoms with Crippen LogP contribution in [0, 0.1) is 0 Å². The first kappa shape index (κ1) is 21.0. The van der Waals surface area contributed by atoms with Gasteiger partial charge in [0.05, 0.1) is 30.3 Å². The molecule has 152 valence electrons. The number of morpholine rings is 1. The molecular weight excluding hydrogens is 438 g/mol. The number of hydrogen-bond donors (Lipinski definition) is 1. The molecule has 0 bridgehead atoms. The molecule has 1 N–H and O–H groups in total. The largest absolute Gasteiger partial charge is 0.483 e. The highest BCUT2D eigenvalue weighted by atomic mass is 79.9. The molecule has 8 heteroatoms. The van der Waals surface area contributed by atoms with Gasteiger partial charge in [0.25, 0.3) is 5.91 Å². The summed E-state index contributed by atoms with van der Waals surface area (Å²) in [4.78, 5) is 25.8. The summed E-state index contributed by atoms with van der Waals surface area (Å²) < 4.78 is 11.6. The third-order valence-electron chi connectivity index (χ3n) is 4.28. The first-order chi connectivity index (χ1) is 14.1. The van der Waals surface area contributed by atoms with Crippen molar-refractivity contribution < 1.29 is 19.1 Å². The van der Waals surface area contributed by atoms with Gasteiger partial charge < -0.3 is 14.4 Å². The molecule has 7 nitrogen and oxygen atoms in total. The number of carbonyl (C=O) groups excluding carboxylic acids is 2. The minimum Gasteiger partial charge on any atom is -0.483 e. The Morgan fingerprint density at radius 1 is 1.17 bits per heavy atom. The van der Waals surface area contributed by atoms with Crippen LogP contribution in [0.5, 0.6) is 5.75 Å². The number of hydrazone groups is 1. The molecule has 0 saturated carbocycles. The van der Waals surface area contributed by atoms with Crippen molar-refractivity contribution in [1.29, 1.82) is 0 Å². The van der Waals surface area contributed by atoms with Crippen LogP contribution in [-0.4, -0.2) is 55.8 Å². The summed E-state index contributed by atoms with van der Waals surface area (Å²) in [6, 6.07) is 14.8. The van der Waals surface area contributed by atoms with E-state index < -0.39 is 0 Å². The molecule has 0 radical (unpaired) electrons. The number of nitrogens with zero attached hydrogens (tertiary/aromatic N) is 2. The van der Waals surface area contributed by atoms with E-state index in [0.717, 1.165) is 11.1 Å². The zero-order valence-electron chi connectivity index (χ0n) is 15.8. The summed E-state index contributed by atoms with van der Waals surface area (Å²) in [5.41, 5.74) is 4.22. The summed E-state index contributed by atoms with van der Waals surface area (Å²) in [5, 5.41) is 3.99. The highest BCUT2D eigenvalue weighted by Gasteiger charge is 2.17. The van der Waals surface area contributed by atoms with Gasteiger partial charge >= 0.3 is 0 Å². The molecule has 1 heterocycles. The van der Waals surface area contributed by atoms with Gasteiger partial charge in [-0.05, 0) is 45.3 Å². The fourth-order valence-corrected chi connectivity index (χ4v) is 3.27. The van der Waals surface area contributed by atoms with Crippen molar-refractivity contribution >= 4 is 34.0 Å². The van der Waals surface area contributed by atoms with Gasteiger partial charge in [-0.25, -0.2) is 5.43 Å². The molecule has 0 spiro atoms. The Kier molecular flexibility index (Phi) is 7.77. The Morgan fingerprint density at radius 2 is 1.93 bits per heavy atom. The van der Waals surface area contributed by atoms with E-state index in [1.54, 1.807) is 29.3 Å². The average Bonchev–Trinajstić information content (AvgIpc) is 2.74. The molecule has 3 rings (SSSR count). The minimum absolute atomic E-state index is 0.0262. The van der Waals surface area contributed by atoms with Gasteiger partial charge in [0, 0.05) is 13.1 Å². The van der Waals surface area contributed by atoms with E-state index in [9.17, 15) is 9.59 Å². The molecule has 1 fully saturated rings. The first-order valence-electron chi connectivity index (χ1n) is 9.25. The smallest absolute Gasteiger partial charge is 0.260 e. The summed E-state index contributed by atoms with van der Waals surface area (Å²) in [6.45, 7) is 2.28. The van der Waals surface area contributed by atoms with Gasteiger partial charge in [-0.3, -0.25) is 9.59 Å². The topological polar surface area (TPSA) is 80.2 Å². The van der Waals surface area contributed by atoms with Crippen molar-refractivity contribution in [1.82, 2.24) is 10.3 Å². The molecule has 2 aromatic rings. The second-order valence-corrected chi connectivity index (χ2v) is 7.28. The first-order valence-corrected chi connectivity index (χ1v) is 10.0. The number of ether oxygens (including phenoxy) is 2. The number of carbonyl (C=O) groups is 2. The van der Waals surface area contributed by atoms with Crippen molar-refractivity contribution in [3.8, 4) is 5.75 Å². The Bertz CT molecular complexity index is 867. The molecule has 0 aliphatic carbocycles. The van der Waals surface area contributed by atoms with Gasteiger partial charge in [-0.15, -0.1) is 0 Å². The van der Waals surface area contributed by atoms with Gasteiger partial charge in [-0.2, -0.15) is 5.10 Å². The lowest BCUT2D eigenvalue weighted by molar-refractivity contribution is -0.137. The number of amides is 2. The van der Waals surface area contributed by atoms with E-state index in [1.807, 2.05) is 30.3 Å². The summed E-state index contributed by atoms with van der Waals surface area (Å²) in [6.07, 6.45) is 1.82. The fraction of sp³-hybridized carbons (Fsp3) is 0.286. The van der Waals surface area contributed by atoms with Crippen molar-refractivity contribution in [2.45, 2.75) is 6.42 Å². The second-order valence-electron chi connectivity index (χ2n) is 6.43. The van der Waals surface area contributed by atoms with Crippen LogP contribution in [0.15, 0.2) is 58.1 Å². The van der Waals surface area contributed by atoms with Crippen LogP contribution in [0.25, 0.3) is 0 Å². The number of halogens is 1. The van der Waals surface area contributed by atoms with Crippen LogP contribution in [0.4, 0.5) is 0 Å². The van der Waals surface area contributed by atoms with E-state index in [-0.39, 0.29) is 24.8 Å². The average molecular weight is 460 g/mol. The maximum atomic E-state index is 12.2. The van der Waals surface area contributed by atoms with E-state index >= 15 is 0 Å². The van der Waals surface area contributed by atoms with E-state index in [4.69, 9.17) is 9.47 Å². The van der Waals surface area contributed by atoms with Crippen LogP contribution in [0.2, 0.25) is 0 Å². The monoisotopic (exact) mass is 459 g/mol. The van der Waals surface area contributed by atoms with Crippen LogP contribution < -0.4 is 10.2 Å². The maximum absolute atomic E-state index is 12.2. The van der Waals surface area contributed by atoms with E-state index in [2.05, 4.69) is 26.5 Å². The fourth-order valence-electron chi connectivity index (χ4n) is 2.76. The standard InChI is InChI=1S/C21H22BrN3O4/c22-18-12-17(14-23-24-20(26)13-16-4-2-1-3-5-16)6-7-19(18)29-15-21(27)25-8-10-28-11-9-25/h1-7,12,14H,8-11,13,15H2,(H,24,26)/b23-14-. The van der Waals surface area contributed by atoms with Gasteiger partial charge in [-0.1, -0.05) is 30.3 Å². The predicted octanol–water partition coefficient (Wildman–Crippen LogP) is 2.38. The predicted molar refractivity (Wildman–Crippen MR) is 113 cm³/mol. The lowest BCUT2D eigenvalue weighted by Gasteiger charge is -2.26. The SMILES string of the molecule is O=C(Cc1ccccc1)N/N=C\c1ccc(OCC(=O)N2CCOCC2)c(Br)c1. The van der Waals surface area contributed by atoms with Crippen molar-refractivity contribution in [2.24, 2.45) is 5.10 Å². The molecule has 1 aliphatic heterocycles. The lowest BCUT2D eigenvalue weighted by Crippen LogP contribution is -2.43. The summed E-state index contributed by atoms with van der Waals surface area (Å²) in [7, 11) is 0. The zero-order chi connectivity index (χ0) is 20.5. The second kappa shape index (κ2) is 10.7. The van der Waals surface area contributed by atoms with Crippen LogP contribution in [0.3, 0.4) is 0 Å². The Hall–Kier alpha value is -2.71. The summed E-state index contributed by atoms with van der Waals surface area (Å²) >= 11 is 3.44. The third kappa shape index (κ3) is 6.69. The number of nitrogens with one attached hydrogen (secondary N) is 1. The Morgan fingerprint density at radius 3 is 2.66 bits per heavy atom. The van der Waals surface area contributed by atoms with Crippen LogP contribution in [0.1, 0.15) is 11.1 Å². The molecule has 2 aromatic carbocycles. The van der Waals surface area contributed by atoms with Gasteiger partial charge in [0.1, 0.15) is 5.75 Å². The maximum Gasteiger partial charge on any atom is 0.260 e. The quantitative estimate of drug-likeness (QED) is 0.509. The highest BCUT2D eigenvalue weighted by molar-refractivity contribution is 9.10. The molecule has 0 atom stereocenters. The lowest BCUT2D eigenvalue weighted by atomic mass is 10.1. The Labute approximate surface area is 177 Å². The summed E-state index contributed by atoms with van der Waals surface area (Å²) in [5.74, 6) is 0.317. The Balaban J connectivity index is 1.47. The molecule has 0 unspecified atom stereocenters. The van der Waals surface area contributed by atoms with Gasteiger partial charge in [0.15, 0.2) is 6.61 Å². The minimum atomic E-state index is -0.187. The third-order valence-corrected chi connectivity index (χ3v) is 4.90. The van der Waals surface area contributed by atoms with Crippen LogP contribution >= 0.6 is 15.9 Å². The zero-order valence-corrected chi connectivity index (χ0v) is 17.4. The van der Waals surface area contributed by atoms with Crippen molar-refractivity contribution in [2.75, 3.05) is 32.9 Å². The number of rotatable bonds is 7. The van der Waals surface area contributed by atoms with Crippen LogP contribution in [-0.2, 0) is 20.7 Å².